The zero-order valence-electron chi connectivity index (χ0n) is 11.4. The molecule has 0 amide bonds. The summed E-state index contributed by atoms with van der Waals surface area (Å²) in [6, 6.07) is 0.711. The summed E-state index contributed by atoms with van der Waals surface area (Å²) in [5.41, 5.74) is 1.54. The van der Waals surface area contributed by atoms with Crippen molar-refractivity contribution in [2.75, 3.05) is 26.2 Å². The molecule has 1 unspecified atom stereocenters. The highest BCUT2D eigenvalue weighted by atomic mass is 15.2. The van der Waals surface area contributed by atoms with E-state index in [0.29, 0.717) is 6.04 Å². The van der Waals surface area contributed by atoms with Gasteiger partial charge in [0.15, 0.2) is 0 Å². The van der Waals surface area contributed by atoms with E-state index in [0.717, 1.165) is 19.0 Å². The fourth-order valence-corrected chi connectivity index (χ4v) is 2.32. The van der Waals surface area contributed by atoms with E-state index in [-0.39, 0.29) is 0 Å². The van der Waals surface area contributed by atoms with E-state index in [1.165, 1.54) is 31.5 Å². The minimum atomic E-state index is 0.711. The predicted octanol–water partition coefficient (Wildman–Crippen LogP) is 2.66. The molecule has 1 rings (SSSR count). The number of hydrogen-bond donors (Lipinski definition) is 1. The minimum absolute atomic E-state index is 0.711. The Hall–Kier alpha value is -0.340. The first-order valence-electron chi connectivity index (χ1n) is 6.73. The molecule has 0 aromatic carbocycles. The van der Waals surface area contributed by atoms with Gasteiger partial charge >= 0.3 is 0 Å². The van der Waals surface area contributed by atoms with Gasteiger partial charge in [-0.05, 0) is 32.2 Å². The first kappa shape index (κ1) is 13.7. The molecular formula is C14H28N2. The minimum Gasteiger partial charge on any atom is -0.315 e. The summed E-state index contributed by atoms with van der Waals surface area (Å²) in [6.07, 6.45) is 4.86. The van der Waals surface area contributed by atoms with Gasteiger partial charge < -0.3 is 5.32 Å². The lowest BCUT2D eigenvalue weighted by atomic mass is 10.1. The van der Waals surface area contributed by atoms with Gasteiger partial charge in [-0.2, -0.15) is 0 Å². The number of nitrogens with zero attached hydrogens (tertiary/aromatic N) is 1. The summed E-state index contributed by atoms with van der Waals surface area (Å²) in [5, 5.41) is 3.59. The monoisotopic (exact) mass is 224 g/mol. The van der Waals surface area contributed by atoms with Crippen molar-refractivity contribution < 1.29 is 0 Å². The molecule has 1 aliphatic heterocycles. The number of hydrogen-bond acceptors (Lipinski definition) is 2. The molecule has 1 N–H and O–H groups in total. The smallest absolute Gasteiger partial charge is 0.0221 e. The molecule has 0 aromatic heterocycles. The molecule has 0 saturated heterocycles. The Morgan fingerprint density at radius 2 is 2.12 bits per heavy atom. The fraction of sp³-hybridized carbons (Fsp3) is 0.857. The summed E-state index contributed by atoms with van der Waals surface area (Å²) in [7, 11) is 0. The van der Waals surface area contributed by atoms with Crippen molar-refractivity contribution in [3.63, 3.8) is 0 Å². The highest BCUT2D eigenvalue weighted by Crippen LogP contribution is 2.13. The normalized spacial score (nSPS) is 19.9. The maximum absolute atomic E-state index is 3.59. The van der Waals surface area contributed by atoms with Gasteiger partial charge in [-0.15, -0.1) is 0 Å². The van der Waals surface area contributed by atoms with Crippen LogP contribution in [0.15, 0.2) is 11.6 Å². The average molecular weight is 224 g/mol. The van der Waals surface area contributed by atoms with Gasteiger partial charge in [-0.3, -0.25) is 4.90 Å². The van der Waals surface area contributed by atoms with Crippen molar-refractivity contribution >= 4 is 0 Å². The Morgan fingerprint density at radius 3 is 2.69 bits per heavy atom. The highest BCUT2D eigenvalue weighted by Gasteiger charge is 2.18. The first-order valence-corrected chi connectivity index (χ1v) is 6.73. The summed E-state index contributed by atoms with van der Waals surface area (Å²) in [4.78, 5) is 2.63. The number of nitrogens with one attached hydrogen (secondary N) is 1. The molecule has 0 saturated carbocycles. The zero-order valence-corrected chi connectivity index (χ0v) is 11.4. The molecule has 2 nitrogen and oxygen atoms in total. The Kier molecular flexibility index (Phi) is 6.07. The van der Waals surface area contributed by atoms with E-state index in [1.54, 1.807) is 0 Å². The van der Waals surface area contributed by atoms with Crippen LogP contribution in [0, 0.1) is 5.92 Å². The van der Waals surface area contributed by atoms with Crippen LogP contribution in [0.1, 0.15) is 40.5 Å². The van der Waals surface area contributed by atoms with Crippen molar-refractivity contribution in [2.24, 2.45) is 5.92 Å². The Labute approximate surface area is 101 Å². The fourth-order valence-electron chi connectivity index (χ4n) is 2.32. The van der Waals surface area contributed by atoms with Crippen LogP contribution in [-0.2, 0) is 0 Å². The summed E-state index contributed by atoms with van der Waals surface area (Å²) in [5.74, 6) is 0.750. The SMILES string of the molecule is CCC(CNCC(C)C)N1CCC=C(C)C1. The van der Waals surface area contributed by atoms with Gasteiger partial charge in [-0.1, -0.05) is 32.4 Å². The van der Waals surface area contributed by atoms with Crippen LogP contribution in [0.4, 0.5) is 0 Å². The van der Waals surface area contributed by atoms with E-state index in [9.17, 15) is 0 Å². The second-order valence-corrected chi connectivity index (χ2v) is 5.42. The maximum atomic E-state index is 3.59. The van der Waals surface area contributed by atoms with Gasteiger partial charge in [0, 0.05) is 25.7 Å². The maximum Gasteiger partial charge on any atom is 0.0221 e. The number of rotatable bonds is 6. The highest BCUT2D eigenvalue weighted by molar-refractivity contribution is 5.05. The van der Waals surface area contributed by atoms with Gasteiger partial charge in [0.1, 0.15) is 0 Å². The molecule has 0 aliphatic carbocycles. The largest absolute Gasteiger partial charge is 0.315 e. The third-order valence-corrected chi connectivity index (χ3v) is 3.28. The van der Waals surface area contributed by atoms with Crippen molar-refractivity contribution in [1.82, 2.24) is 10.2 Å². The molecule has 0 fully saturated rings. The first-order chi connectivity index (χ1) is 7.63. The molecule has 16 heavy (non-hydrogen) atoms. The predicted molar refractivity (Wildman–Crippen MR) is 71.7 cm³/mol. The van der Waals surface area contributed by atoms with Crippen LogP contribution in [0.5, 0.6) is 0 Å². The Balaban J connectivity index is 2.33. The zero-order chi connectivity index (χ0) is 12.0. The van der Waals surface area contributed by atoms with E-state index in [4.69, 9.17) is 0 Å². The lowest BCUT2D eigenvalue weighted by Crippen LogP contribution is -2.45. The summed E-state index contributed by atoms with van der Waals surface area (Å²) >= 11 is 0. The van der Waals surface area contributed by atoms with Crippen molar-refractivity contribution in [3.8, 4) is 0 Å². The molecule has 0 aromatic rings. The molecular weight excluding hydrogens is 196 g/mol. The third kappa shape index (κ3) is 4.67. The lowest BCUT2D eigenvalue weighted by Gasteiger charge is -2.34. The molecule has 94 valence electrons. The quantitative estimate of drug-likeness (QED) is 0.698. The summed E-state index contributed by atoms with van der Waals surface area (Å²) in [6.45, 7) is 13.8. The van der Waals surface area contributed by atoms with Crippen LogP contribution in [0.3, 0.4) is 0 Å². The summed E-state index contributed by atoms with van der Waals surface area (Å²) < 4.78 is 0. The van der Waals surface area contributed by atoms with Gasteiger partial charge in [0.2, 0.25) is 0 Å². The van der Waals surface area contributed by atoms with Gasteiger partial charge in [0.25, 0.3) is 0 Å². The average Bonchev–Trinajstić information content (AvgIpc) is 2.24. The molecule has 0 radical (unpaired) electrons. The second kappa shape index (κ2) is 7.08. The molecule has 2 heteroatoms. The topological polar surface area (TPSA) is 15.3 Å². The van der Waals surface area contributed by atoms with E-state index in [2.05, 4.69) is 44.0 Å². The molecule has 0 bridgehead atoms. The van der Waals surface area contributed by atoms with Gasteiger partial charge in [-0.25, -0.2) is 0 Å². The molecule has 1 aliphatic rings. The lowest BCUT2D eigenvalue weighted by molar-refractivity contribution is 0.196. The second-order valence-electron chi connectivity index (χ2n) is 5.42. The van der Waals surface area contributed by atoms with E-state index < -0.39 is 0 Å². The van der Waals surface area contributed by atoms with Crippen LogP contribution >= 0.6 is 0 Å². The Morgan fingerprint density at radius 1 is 1.38 bits per heavy atom. The third-order valence-electron chi connectivity index (χ3n) is 3.28. The van der Waals surface area contributed by atoms with E-state index in [1.807, 2.05) is 0 Å². The van der Waals surface area contributed by atoms with Crippen LogP contribution in [-0.4, -0.2) is 37.1 Å². The van der Waals surface area contributed by atoms with Crippen molar-refractivity contribution in [1.29, 1.82) is 0 Å². The molecule has 1 atom stereocenters. The van der Waals surface area contributed by atoms with Crippen molar-refractivity contribution in [2.45, 2.75) is 46.6 Å². The van der Waals surface area contributed by atoms with Gasteiger partial charge in [0.05, 0.1) is 0 Å². The Bertz CT molecular complexity index is 221. The van der Waals surface area contributed by atoms with Crippen LogP contribution in [0.25, 0.3) is 0 Å². The van der Waals surface area contributed by atoms with Crippen LogP contribution in [0.2, 0.25) is 0 Å². The van der Waals surface area contributed by atoms with Crippen LogP contribution < -0.4 is 5.32 Å². The van der Waals surface area contributed by atoms with E-state index >= 15 is 0 Å². The van der Waals surface area contributed by atoms with Crippen molar-refractivity contribution in [3.05, 3.63) is 11.6 Å². The molecule has 1 heterocycles. The standard InChI is InChI=1S/C14H28N2/c1-5-14(10-15-9-12(2)3)16-8-6-7-13(4)11-16/h7,12,14-15H,5-6,8-11H2,1-4H3. The molecule has 0 spiro atoms.